The number of rotatable bonds is 12. The summed E-state index contributed by atoms with van der Waals surface area (Å²) >= 11 is 0. The van der Waals surface area contributed by atoms with Crippen LogP contribution in [0.3, 0.4) is 0 Å². The summed E-state index contributed by atoms with van der Waals surface area (Å²) in [6.45, 7) is 15.1. The molecule has 12 nitrogen and oxygen atoms in total. The molecule has 3 rings (SSSR count). The number of nitrogens with zero attached hydrogens (tertiary/aromatic N) is 1. The van der Waals surface area contributed by atoms with E-state index in [0.717, 1.165) is 38.5 Å². The van der Waals surface area contributed by atoms with Gasteiger partial charge in [0.1, 0.15) is 12.6 Å². The molecule has 4 atom stereocenters. The lowest BCUT2D eigenvalue weighted by Crippen LogP contribution is -2.57. The van der Waals surface area contributed by atoms with E-state index < -0.39 is 41.2 Å². The van der Waals surface area contributed by atoms with Gasteiger partial charge in [0, 0.05) is 12.6 Å². The average molecular weight is 610 g/mol. The molecule has 43 heavy (non-hydrogen) atoms. The van der Waals surface area contributed by atoms with E-state index in [-0.39, 0.29) is 18.5 Å². The number of nitrogens with two attached hydrogens (primary N) is 1. The van der Waals surface area contributed by atoms with Gasteiger partial charge in [0.25, 0.3) is 5.91 Å². The third kappa shape index (κ3) is 14.2. The Morgan fingerprint density at radius 3 is 2.05 bits per heavy atom. The molecule has 2 aliphatic carbocycles. The topological polar surface area (TPSA) is 177 Å². The Morgan fingerprint density at radius 2 is 1.63 bits per heavy atom. The number of Topliss-reactive ketones (excluding diaryl/α,β-unsaturated/α-hetero) is 1. The molecule has 1 heterocycles. The van der Waals surface area contributed by atoms with Gasteiger partial charge in [0.15, 0.2) is 0 Å². The van der Waals surface area contributed by atoms with Crippen LogP contribution in [-0.4, -0.2) is 78.7 Å². The molecule has 0 radical (unpaired) electrons. The van der Waals surface area contributed by atoms with Crippen molar-refractivity contribution in [2.75, 3.05) is 19.7 Å². The number of hydrogen-bond donors (Lipinski definition) is 4. The van der Waals surface area contributed by atoms with Crippen molar-refractivity contribution < 1.29 is 33.5 Å². The third-order valence-electron chi connectivity index (χ3n) is 7.65. The Labute approximate surface area is 257 Å². The number of carbonyl (C=O) groups is 6. The number of ether oxygens (including phenoxy) is 1. The summed E-state index contributed by atoms with van der Waals surface area (Å²) in [7, 11) is 0. The predicted molar refractivity (Wildman–Crippen MR) is 164 cm³/mol. The Hall–Kier alpha value is -3.18. The van der Waals surface area contributed by atoms with Gasteiger partial charge in [-0.15, -0.1) is 0 Å². The molecule has 1 saturated heterocycles. The Morgan fingerprint density at radius 1 is 1.02 bits per heavy atom. The highest BCUT2D eigenvalue weighted by Gasteiger charge is 2.40. The summed E-state index contributed by atoms with van der Waals surface area (Å²) < 4.78 is 5.09. The smallest absolute Gasteiger partial charge is 0.325 e. The molecule has 0 spiro atoms. The van der Waals surface area contributed by atoms with Gasteiger partial charge in [-0.3, -0.25) is 24.0 Å². The predicted octanol–water partition coefficient (Wildman–Crippen LogP) is 2.67. The van der Waals surface area contributed by atoms with Gasteiger partial charge >= 0.3 is 12.0 Å². The molecule has 3 aliphatic rings. The minimum absolute atomic E-state index is 0.0687. The van der Waals surface area contributed by atoms with E-state index in [4.69, 9.17) is 10.5 Å². The van der Waals surface area contributed by atoms with Crippen molar-refractivity contribution in [3.8, 4) is 0 Å². The second-order valence-electron chi connectivity index (χ2n) is 13.2. The fourth-order valence-corrected chi connectivity index (χ4v) is 4.87. The second kappa shape index (κ2) is 18.5. The first-order chi connectivity index (χ1) is 20.1. The summed E-state index contributed by atoms with van der Waals surface area (Å²) in [5, 5.41) is 7.58. The Bertz CT molecular complexity index is 943. The monoisotopic (exact) mass is 609 g/mol. The van der Waals surface area contributed by atoms with Crippen LogP contribution in [0.2, 0.25) is 0 Å². The highest BCUT2D eigenvalue weighted by atomic mass is 16.5. The minimum Gasteiger partial charge on any atom is -0.464 e. The molecule has 246 valence electrons. The zero-order chi connectivity index (χ0) is 32.7. The van der Waals surface area contributed by atoms with E-state index in [2.05, 4.69) is 36.7 Å². The fraction of sp³-hybridized carbons (Fsp3) is 0.806. The summed E-state index contributed by atoms with van der Waals surface area (Å²) in [6.07, 6.45) is 8.66. The van der Waals surface area contributed by atoms with Crippen molar-refractivity contribution in [3.63, 3.8) is 0 Å². The van der Waals surface area contributed by atoms with E-state index in [0.29, 0.717) is 43.7 Å². The number of esters is 1. The van der Waals surface area contributed by atoms with Crippen LogP contribution in [0.4, 0.5) is 4.79 Å². The Balaban J connectivity index is 0.000000456. The summed E-state index contributed by atoms with van der Waals surface area (Å²) in [4.78, 5) is 70.8. The maximum absolute atomic E-state index is 13.0. The normalized spacial score (nSPS) is 20.9. The number of ketones is 1. The SMILES string of the molecule is CC1CC(C)N(C(=O)C(NC(=O)NCC(=O)OCC2CC2)C(C)(C)C)C1.CCC.NC(=O)C(=O)C(CC1CCC1)NC=O. The number of likely N-dealkylation sites (tertiary alicyclic amines) is 1. The maximum atomic E-state index is 13.0. The molecule has 0 aromatic heterocycles. The van der Waals surface area contributed by atoms with Gasteiger partial charge in [-0.05, 0) is 55.8 Å². The van der Waals surface area contributed by atoms with Gasteiger partial charge in [-0.2, -0.15) is 0 Å². The number of hydrogen-bond acceptors (Lipinski definition) is 7. The van der Waals surface area contributed by atoms with Crippen LogP contribution >= 0.6 is 0 Å². The molecule has 0 aromatic carbocycles. The van der Waals surface area contributed by atoms with Gasteiger partial charge < -0.3 is 31.3 Å². The van der Waals surface area contributed by atoms with Crippen molar-refractivity contribution in [3.05, 3.63) is 0 Å². The largest absolute Gasteiger partial charge is 0.464 e. The van der Waals surface area contributed by atoms with E-state index in [9.17, 15) is 28.8 Å². The molecule has 2 saturated carbocycles. The Kier molecular flexibility index (Phi) is 16.3. The van der Waals surface area contributed by atoms with Crippen LogP contribution < -0.4 is 21.7 Å². The molecule has 5 amide bonds. The molecule has 3 fully saturated rings. The van der Waals surface area contributed by atoms with Crippen molar-refractivity contribution in [1.82, 2.24) is 20.9 Å². The number of primary amides is 1. The third-order valence-corrected chi connectivity index (χ3v) is 7.65. The van der Waals surface area contributed by atoms with Crippen LogP contribution in [0, 0.1) is 23.2 Å². The first-order valence-electron chi connectivity index (χ1n) is 15.7. The maximum Gasteiger partial charge on any atom is 0.325 e. The van der Waals surface area contributed by atoms with Gasteiger partial charge in [-0.1, -0.05) is 67.2 Å². The van der Waals surface area contributed by atoms with Crippen LogP contribution in [0.15, 0.2) is 0 Å². The first-order valence-corrected chi connectivity index (χ1v) is 15.7. The number of carbonyl (C=O) groups excluding carboxylic acids is 6. The average Bonchev–Trinajstić information content (AvgIpc) is 3.67. The first kappa shape index (κ1) is 37.8. The fourth-order valence-electron chi connectivity index (χ4n) is 4.87. The highest BCUT2D eigenvalue weighted by Crippen LogP contribution is 2.31. The van der Waals surface area contributed by atoms with E-state index in [1.807, 2.05) is 32.6 Å². The molecule has 0 bridgehead atoms. The van der Waals surface area contributed by atoms with Crippen LogP contribution in [0.25, 0.3) is 0 Å². The van der Waals surface area contributed by atoms with Crippen LogP contribution in [0.5, 0.6) is 0 Å². The van der Waals surface area contributed by atoms with Crippen molar-refractivity contribution in [2.45, 2.75) is 118 Å². The van der Waals surface area contributed by atoms with E-state index in [1.54, 1.807) is 0 Å². The number of nitrogens with one attached hydrogen (secondary N) is 3. The van der Waals surface area contributed by atoms with E-state index >= 15 is 0 Å². The molecule has 0 aromatic rings. The highest BCUT2D eigenvalue weighted by molar-refractivity contribution is 6.37. The van der Waals surface area contributed by atoms with E-state index in [1.165, 1.54) is 6.42 Å². The molecule has 1 aliphatic heterocycles. The van der Waals surface area contributed by atoms with Crippen LogP contribution in [-0.2, 0) is 28.7 Å². The zero-order valence-electron chi connectivity index (χ0n) is 27.2. The molecule has 12 heteroatoms. The second-order valence-corrected chi connectivity index (χ2v) is 13.2. The van der Waals surface area contributed by atoms with Gasteiger partial charge in [0.2, 0.25) is 18.1 Å². The minimum atomic E-state index is -0.983. The molecule has 4 unspecified atom stereocenters. The molecular weight excluding hydrogens is 554 g/mol. The lowest BCUT2D eigenvalue weighted by atomic mass is 9.80. The zero-order valence-corrected chi connectivity index (χ0v) is 27.2. The van der Waals surface area contributed by atoms with Crippen molar-refractivity contribution >= 4 is 36.0 Å². The quantitative estimate of drug-likeness (QED) is 0.149. The summed E-state index contributed by atoms with van der Waals surface area (Å²) in [6, 6.07) is -1.74. The number of urea groups is 1. The van der Waals surface area contributed by atoms with Crippen molar-refractivity contribution in [1.29, 1.82) is 0 Å². The van der Waals surface area contributed by atoms with Gasteiger partial charge in [-0.25, -0.2) is 4.79 Å². The van der Waals surface area contributed by atoms with Gasteiger partial charge in [0.05, 0.1) is 12.6 Å². The van der Waals surface area contributed by atoms with Crippen molar-refractivity contribution in [2.24, 2.45) is 28.9 Å². The summed E-state index contributed by atoms with van der Waals surface area (Å²) in [5.74, 6) is -0.818. The summed E-state index contributed by atoms with van der Waals surface area (Å²) in [5.41, 5.74) is 4.42. The van der Waals surface area contributed by atoms with Crippen LogP contribution in [0.1, 0.15) is 99.8 Å². The lowest BCUT2D eigenvalue weighted by Gasteiger charge is -2.35. The molecule has 5 N–H and O–H groups in total. The number of amides is 5. The molecular formula is C31H55N5O7. The standard InChI is InChI=1S/C19H33N3O4.C9H14N2O3.C3H8/c1-12-8-13(2)22(10-12)17(24)16(19(3,4)5)21-18(25)20-9-15(23)26-11-14-6-7-14;10-9(14)8(13)7(11-5-12)4-6-2-1-3-6;1-3-2/h12-14,16H,6-11H2,1-5H3,(H2,20,21,25);5-7H,1-4H2,(H2,10,14)(H,11,12);3H2,1-2H3. The lowest BCUT2D eigenvalue weighted by molar-refractivity contribution is -0.142.